The largest absolute Gasteiger partial charge is 0.471 e. The van der Waals surface area contributed by atoms with Crippen molar-refractivity contribution in [1.29, 1.82) is 0 Å². The Morgan fingerprint density at radius 2 is 1.81 bits per heavy atom. The van der Waals surface area contributed by atoms with Gasteiger partial charge in [0.2, 0.25) is 5.82 Å². The van der Waals surface area contributed by atoms with Gasteiger partial charge in [-0.25, -0.2) is 0 Å². The maximum absolute atomic E-state index is 12.5. The van der Waals surface area contributed by atoms with Gasteiger partial charge in [-0.3, -0.25) is 0 Å². The first-order chi connectivity index (χ1) is 12.1. The Kier molecular flexibility index (Phi) is 4.80. The molecule has 142 valence electrons. The minimum atomic E-state index is -4.70. The predicted molar refractivity (Wildman–Crippen MR) is 85.9 cm³/mol. The third-order valence-corrected chi connectivity index (χ3v) is 5.87. The van der Waals surface area contributed by atoms with Crippen LogP contribution in [0.4, 0.5) is 13.2 Å². The van der Waals surface area contributed by atoms with Crippen molar-refractivity contribution >= 4 is 10.2 Å². The normalized spacial score (nSPS) is 15.8. The van der Waals surface area contributed by atoms with Crippen LogP contribution in [-0.4, -0.2) is 47.3 Å². The zero-order valence-electron chi connectivity index (χ0n) is 14.1. The fraction of sp³-hybridized carbons (Fsp3) is 0.467. The van der Waals surface area contributed by atoms with Crippen LogP contribution in [0.25, 0.3) is 11.4 Å². The monoisotopic (exact) mass is 390 g/mol. The molecular weight excluding hydrogens is 373 g/mol. The summed E-state index contributed by atoms with van der Waals surface area (Å²) in [6.45, 7) is 0.186. The van der Waals surface area contributed by atoms with Crippen molar-refractivity contribution in [2.45, 2.75) is 31.6 Å². The maximum Gasteiger partial charge on any atom is 0.471 e. The van der Waals surface area contributed by atoms with Crippen molar-refractivity contribution < 1.29 is 26.1 Å². The van der Waals surface area contributed by atoms with Crippen molar-refractivity contribution in [1.82, 2.24) is 18.8 Å². The molecule has 2 aromatic rings. The Morgan fingerprint density at radius 3 is 2.27 bits per heavy atom. The molecule has 0 spiro atoms. The van der Waals surface area contributed by atoms with E-state index in [1.165, 1.54) is 30.5 Å². The smallest absolute Gasteiger partial charge is 0.329 e. The van der Waals surface area contributed by atoms with Crippen LogP contribution in [0.1, 0.15) is 24.3 Å². The third kappa shape index (κ3) is 3.89. The Labute approximate surface area is 148 Å². The molecule has 1 heterocycles. The highest BCUT2D eigenvalue weighted by Gasteiger charge is 2.39. The molecule has 1 aromatic heterocycles. The number of hydrogen-bond donors (Lipinski definition) is 0. The lowest BCUT2D eigenvalue weighted by molar-refractivity contribution is -0.159. The van der Waals surface area contributed by atoms with E-state index >= 15 is 0 Å². The molecule has 0 saturated heterocycles. The first-order valence-corrected chi connectivity index (χ1v) is 9.18. The lowest BCUT2D eigenvalue weighted by Gasteiger charge is -2.25. The molecule has 1 aliphatic rings. The molecule has 1 saturated carbocycles. The second-order valence-corrected chi connectivity index (χ2v) is 8.28. The summed E-state index contributed by atoms with van der Waals surface area (Å²) in [4.78, 5) is 3.33. The van der Waals surface area contributed by atoms with Crippen molar-refractivity contribution in [3.05, 3.63) is 35.7 Å². The van der Waals surface area contributed by atoms with Crippen LogP contribution >= 0.6 is 0 Å². The summed E-state index contributed by atoms with van der Waals surface area (Å²) in [6, 6.07) is 6.33. The molecule has 11 heteroatoms. The minimum Gasteiger partial charge on any atom is -0.329 e. The van der Waals surface area contributed by atoms with E-state index in [4.69, 9.17) is 0 Å². The van der Waals surface area contributed by atoms with Crippen LogP contribution in [0.15, 0.2) is 28.8 Å². The van der Waals surface area contributed by atoms with E-state index < -0.39 is 22.3 Å². The summed E-state index contributed by atoms with van der Waals surface area (Å²) in [5.41, 5.74) is 1.06. The molecule has 0 N–H and O–H groups in total. The number of hydrogen-bond acceptors (Lipinski definition) is 5. The van der Waals surface area contributed by atoms with E-state index in [0.29, 0.717) is 11.1 Å². The van der Waals surface area contributed by atoms with Crippen molar-refractivity contribution in [2.24, 2.45) is 0 Å². The van der Waals surface area contributed by atoms with Crippen LogP contribution in [0.2, 0.25) is 0 Å². The summed E-state index contributed by atoms with van der Waals surface area (Å²) in [5, 5.41) is 3.33. The SMILES string of the molecule is CN(C)S(=O)(=O)N(Cc1ccc(-c2noc(C(F)(F)F)n2)cc1)C1CC1. The third-order valence-electron chi connectivity index (χ3n) is 3.93. The van der Waals surface area contributed by atoms with Gasteiger partial charge in [0.25, 0.3) is 10.2 Å². The molecule has 1 aliphatic carbocycles. The fourth-order valence-electron chi connectivity index (χ4n) is 2.37. The molecule has 26 heavy (non-hydrogen) atoms. The topological polar surface area (TPSA) is 79.5 Å². The lowest BCUT2D eigenvalue weighted by Crippen LogP contribution is -2.40. The average molecular weight is 390 g/mol. The molecule has 0 radical (unpaired) electrons. The average Bonchev–Trinajstić information content (AvgIpc) is 3.26. The van der Waals surface area contributed by atoms with Crippen molar-refractivity contribution in [2.75, 3.05) is 14.1 Å². The number of benzene rings is 1. The highest BCUT2D eigenvalue weighted by atomic mass is 32.2. The Morgan fingerprint density at radius 1 is 1.19 bits per heavy atom. The second-order valence-electron chi connectivity index (χ2n) is 6.18. The van der Waals surface area contributed by atoms with Gasteiger partial charge in [-0.05, 0) is 18.4 Å². The second kappa shape index (κ2) is 6.63. The lowest BCUT2D eigenvalue weighted by atomic mass is 10.1. The molecule has 0 amide bonds. The van der Waals surface area contributed by atoms with Gasteiger partial charge in [-0.15, -0.1) is 0 Å². The molecule has 1 fully saturated rings. The molecule has 3 rings (SSSR count). The van der Waals surface area contributed by atoms with E-state index in [-0.39, 0.29) is 18.4 Å². The van der Waals surface area contributed by atoms with Crippen molar-refractivity contribution in [3.8, 4) is 11.4 Å². The molecule has 0 atom stereocenters. The number of alkyl halides is 3. The summed E-state index contributed by atoms with van der Waals surface area (Å²) < 4.78 is 69.2. The zero-order valence-corrected chi connectivity index (χ0v) is 14.9. The molecule has 7 nitrogen and oxygen atoms in total. The van der Waals surface area contributed by atoms with Crippen LogP contribution in [-0.2, 0) is 22.9 Å². The van der Waals surface area contributed by atoms with Crippen LogP contribution in [0.3, 0.4) is 0 Å². The number of rotatable bonds is 6. The van der Waals surface area contributed by atoms with Gasteiger partial charge in [-0.2, -0.15) is 35.2 Å². The van der Waals surface area contributed by atoms with Gasteiger partial charge < -0.3 is 4.52 Å². The Bertz CT molecular complexity index is 874. The predicted octanol–water partition coefficient (Wildman–Crippen LogP) is 2.53. The molecule has 0 bridgehead atoms. The van der Waals surface area contributed by atoms with E-state index in [0.717, 1.165) is 17.1 Å². The highest BCUT2D eigenvalue weighted by molar-refractivity contribution is 7.86. The van der Waals surface area contributed by atoms with Gasteiger partial charge in [-0.1, -0.05) is 29.4 Å². The standard InChI is InChI=1S/C15H17F3N4O3S/c1-21(2)26(23,24)22(12-7-8-12)9-10-3-5-11(6-4-10)13-19-14(25-20-13)15(16,17)18/h3-6,12H,7-9H2,1-2H3. The Hall–Kier alpha value is -1.98. The zero-order chi connectivity index (χ0) is 19.1. The summed E-state index contributed by atoms with van der Waals surface area (Å²) in [7, 11) is -0.598. The highest BCUT2D eigenvalue weighted by Crippen LogP contribution is 2.32. The van der Waals surface area contributed by atoms with Gasteiger partial charge in [0.15, 0.2) is 0 Å². The van der Waals surface area contributed by atoms with Gasteiger partial charge in [0.1, 0.15) is 0 Å². The first-order valence-electron chi connectivity index (χ1n) is 7.78. The van der Waals surface area contributed by atoms with Crippen LogP contribution < -0.4 is 0 Å². The van der Waals surface area contributed by atoms with Crippen LogP contribution in [0.5, 0.6) is 0 Å². The van der Waals surface area contributed by atoms with E-state index in [1.807, 2.05) is 0 Å². The quantitative estimate of drug-likeness (QED) is 0.757. The first kappa shape index (κ1) is 18.8. The summed E-state index contributed by atoms with van der Waals surface area (Å²) in [5.74, 6) is -1.59. The van der Waals surface area contributed by atoms with Gasteiger partial charge in [0, 0.05) is 32.2 Å². The van der Waals surface area contributed by atoms with Gasteiger partial charge in [0.05, 0.1) is 0 Å². The summed E-state index contributed by atoms with van der Waals surface area (Å²) in [6.07, 6.45) is -3.07. The fourth-order valence-corrected chi connectivity index (χ4v) is 3.69. The van der Waals surface area contributed by atoms with E-state index in [9.17, 15) is 21.6 Å². The maximum atomic E-state index is 12.5. The number of nitrogens with zero attached hydrogens (tertiary/aromatic N) is 4. The molecule has 0 aliphatic heterocycles. The van der Waals surface area contributed by atoms with E-state index in [1.54, 1.807) is 12.1 Å². The summed E-state index contributed by atoms with van der Waals surface area (Å²) >= 11 is 0. The van der Waals surface area contributed by atoms with E-state index in [2.05, 4.69) is 14.7 Å². The molecule has 1 aromatic carbocycles. The van der Waals surface area contributed by atoms with Crippen LogP contribution in [0, 0.1) is 0 Å². The Balaban J connectivity index is 1.78. The molecule has 0 unspecified atom stereocenters. The van der Waals surface area contributed by atoms with Gasteiger partial charge >= 0.3 is 12.1 Å². The minimum absolute atomic E-state index is 0.0198. The van der Waals surface area contributed by atoms with Crippen molar-refractivity contribution in [3.63, 3.8) is 0 Å². The molecular formula is C15H17F3N4O3S. The number of halogens is 3. The number of aromatic nitrogens is 2.